The second-order valence-electron chi connectivity index (χ2n) is 5.54. The molecule has 24 heavy (non-hydrogen) atoms. The van der Waals surface area contributed by atoms with Crippen LogP contribution in [0.25, 0.3) is 33.3 Å². The minimum atomic E-state index is 0.927. The van der Waals surface area contributed by atoms with Gasteiger partial charge in [0.05, 0.1) is 0 Å². The fourth-order valence-electron chi connectivity index (χ4n) is 2.90. The van der Waals surface area contributed by atoms with Crippen molar-refractivity contribution in [3.63, 3.8) is 0 Å². The Bertz CT molecular complexity index is 997. The van der Waals surface area contributed by atoms with E-state index in [0.29, 0.717) is 0 Å². The predicted molar refractivity (Wildman–Crippen MR) is 102 cm³/mol. The number of nitrogens with zero attached hydrogens (tertiary/aromatic N) is 2. The Morgan fingerprint density at radius 2 is 1.21 bits per heavy atom. The molecular weight excluding hydrogens is 312 g/mol. The third kappa shape index (κ3) is 2.68. The Labute approximate surface area is 145 Å². The van der Waals surface area contributed by atoms with Gasteiger partial charge in [-0.05, 0) is 18.4 Å². The van der Waals surface area contributed by atoms with Crippen molar-refractivity contribution < 1.29 is 0 Å². The van der Waals surface area contributed by atoms with E-state index in [1.165, 1.54) is 4.90 Å². The van der Waals surface area contributed by atoms with E-state index in [-0.39, 0.29) is 0 Å². The maximum Gasteiger partial charge on any atom is 0.101 e. The molecule has 0 bridgehead atoms. The van der Waals surface area contributed by atoms with E-state index >= 15 is 0 Å². The molecule has 1 aromatic heterocycles. The van der Waals surface area contributed by atoms with Crippen molar-refractivity contribution in [2.75, 3.05) is 6.26 Å². The quantitative estimate of drug-likeness (QED) is 0.452. The maximum atomic E-state index is 4.57. The van der Waals surface area contributed by atoms with Gasteiger partial charge in [-0.3, -0.25) is 0 Å². The van der Waals surface area contributed by atoms with Gasteiger partial charge in [0.15, 0.2) is 0 Å². The van der Waals surface area contributed by atoms with Crippen molar-refractivity contribution in [2.24, 2.45) is 0 Å². The molecule has 2 nitrogen and oxygen atoms in total. The molecule has 0 aliphatic rings. The summed E-state index contributed by atoms with van der Waals surface area (Å²) in [6.45, 7) is 0. The molecule has 4 aromatic rings. The summed E-state index contributed by atoms with van der Waals surface area (Å²) in [6, 6.07) is 27.0. The van der Waals surface area contributed by atoms with Crippen molar-refractivity contribution in [3.05, 3.63) is 78.9 Å². The first-order valence-corrected chi connectivity index (χ1v) is 9.04. The molecule has 0 aliphatic heterocycles. The zero-order valence-corrected chi connectivity index (χ0v) is 14.1. The third-order valence-electron chi connectivity index (χ3n) is 4.08. The van der Waals surface area contributed by atoms with E-state index in [0.717, 1.165) is 33.3 Å². The van der Waals surface area contributed by atoms with E-state index in [9.17, 15) is 0 Å². The van der Waals surface area contributed by atoms with Crippen LogP contribution in [0.5, 0.6) is 0 Å². The summed E-state index contributed by atoms with van der Waals surface area (Å²) in [6.07, 6.45) is 2.08. The molecule has 0 radical (unpaired) electrons. The Morgan fingerprint density at radius 1 is 0.625 bits per heavy atom. The minimum absolute atomic E-state index is 0.927. The lowest BCUT2D eigenvalue weighted by Gasteiger charge is -2.10. The maximum absolute atomic E-state index is 4.57. The fraction of sp³-hybridized carbons (Fsp3) is 0.0476. The monoisotopic (exact) mass is 328 g/mol. The van der Waals surface area contributed by atoms with Gasteiger partial charge in [-0.25, -0.2) is 0 Å². The number of hydrogen-bond acceptors (Lipinski definition) is 3. The molecule has 0 saturated carbocycles. The average Bonchev–Trinajstić information content (AvgIpc) is 2.68. The Morgan fingerprint density at radius 3 is 1.88 bits per heavy atom. The Kier molecular flexibility index (Phi) is 4.01. The summed E-state index contributed by atoms with van der Waals surface area (Å²) in [5, 5.41) is 11.4. The van der Waals surface area contributed by atoms with Crippen LogP contribution in [0.1, 0.15) is 0 Å². The highest BCUT2D eigenvalue weighted by molar-refractivity contribution is 7.98. The largest absolute Gasteiger partial charge is 0.149 e. The van der Waals surface area contributed by atoms with Gasteiger partial charge < -0.3 is 0 Å². The number of hydrogen-bond donors (Lipinski definition) is 0. The van der Waals surface area contributed by atoms with Gasteiger partial charge in [0.2, 0.25) is 0 Å². The molecule has 0 spiro atoms. The zero-order chi connectivity index (χ0) is 16.4. The van der Waals surface area contributed by atoms with Crippen molar-refractivity contribution in [3.8, 4) is 22.5 Å². The molecule has 0 fully saturated rings. The van der Waals surface area contributed by atoms with E-state index < -0.39 is 0 Å². The lowest BCUT2D eigenvalue weighted by atomic mass is 10.0. The molecule has 0 unspecified atom stereocenters. The highest BCUT2D eigenvalue weighted by atomic mass is 32.2. The van der Waals surface area contributed by atoms with E-state index in [2.05, 4.69) is 77.1 Å². The molecular formula is C21H16N2S. The predicted octanol–water partition coefficient (Wildman–Crippen LogP) is 5.69. The van der Waals surface area contributed by atoms with Crippen LogP contribution in [-0.4, -0.2) is 16.5 Å². The first-order chi connectivity index (χ1) is 11.9. The summed E-state index contributed by atoms with van der Waals surface area (Å²) < 4.78 is 0. The first kappa shape index (κ1) is 14.9. The van der Waals surface area contributed by atoms with Gasteiger partial charge in [-0.1, -0.05) is 66.7 Å². The van der Waals surface area contributed by atoms with E-state index in [1.54, 1.807) is 11.8 Å². The van der Waals surface area contributed by atoms with Crippen LogP contribution in [0.3, 0.4) is 0 Å². The molecule has 0 N–H and O–H groups in total. The van der Waals surface area contributed by atoms with Crippen molar-refractivity contribution in [1.29, 1.82) is 0 Å². The standard InChI is InChI=1S/C21H16N2S/c1-24-17-11-7-10-16(14-17)21-19-13-6-5-12-18(19)20(22-23-21)15-8-3-2-4-9-15/h2-14H,1H3. The lowest BCUT2D eigenvalue weighted by Crippen LogP contribution is -1.94. The van der Waals surface area contributed by atoms with Crippen LogP contribution in [0.15, 0.2) is 83.8 Å². The molecule has 0 atom stereocenters. The molecule has 3 heteroatoms. The number of benzene rings is 3. The average molecular weight is 328 g/mol. The Balaban J connectivity index is 1.96. The van der Waals surface area contributed by atoms with Crippen molar-refractivity contribution >= 4 is 22.5 Å². The van der Waals surface area contributed by atoms with Crippen LogP contribution in [0, 0.1) is 0 Å². The van der Waals surface area contributed by atoms with Gasteiger partial charge in [0.25, 0.3) is 0 Å². The number of aromatic nitrogens is 2. The molecule has 0 aliphatic carbocycles. The second kappa shape index (κ2) is 6.46. The molecule has 4 rings (SSSR count). The smallest absolute Gasteiger partial charge is 0.101 e. The van der Waals surface area contributed by atoms with E-state index in [1.807, 2.05) is 18.2 Å². The molecule has 3 aromatic carbocycles. The van der Waals surface area contributed by atoms with Crippen LogP contribution >= 0.6 is 11.8 Å². The second-order valence-corrected chi connectivity index (χ2v) is 6.42. The normalized spacial score (nSPS) is 10.9. The van der Waals surface area contributed by atoms with Gasteiger partial charge >= 0.3 is 0 Å². The third-order valence-corrected chi connectivity index (χ3v) is 4.80. The van der Waals surface area contributed by atoms with E-state index in [4.69, 9.17) is 0 Å². The summed E-state index contributed by atoms with van der Waals surface area (Å²) >= 11 is 1.73. The van der Waals surface area contributed by atoms with Crippen LogP contribution in [-0.2, 0) is 0 Å². The first-order valence-electron chi connectivity index (χ1n) is 7.82. The van der Waals surface area contributed by atoms with Gasteiger partial charge in [-0.2, -0.15) is 0 Å². The lowest BCUT2D eigenvalue weighted by molar-refractivity contribution is 1.06. The molecule has 0 saturated heterocycles. The van der Waals surface area contributed by atoms with Crippen LogP contribution in [0.2, 0.25) is 0 Å². The number of rotatable bonds is 3. The summed E-state index contributed by atoms with van der Waals surface area (Å²) in [5.41, 5.74) is 4.05. The summed E-state index contributed by atoms with van der Waals surface area (Å²) in [5.74, 6) is 0. The SMILES string of the molecule is CSc1cccc(-c2nnc(-c3ccccc3)c3ccccc23)c1. The van der Waals surface area contributed by atoms with Gasteiger partial charge in [-0.15, -0.1) is 22.0 Å². The summed E-state index contributed by atoms with van der Waals surface area (Å²) in [7, 11) is 0. The Hall–Kier alpha value is -2.65. The summed E-state index contributed by atoms with van der Waals surface area (Å²) in [4.78, 5) is 1.23. The number of thioether (sulfide) groups is 1. The topological polar surface area (TPSA) is 25.8 Å². The number of fused-ring (bicyclic) bond motifs is 1. The highest BCUT2D eigenvalue weighted by Crippen LogP contribution is 2.33. The van der Waals surface area contributed by atoms with Crippen LogP contribution < -0.4 is 0 Å². The zero-order valence-electron chi connectivity index (χ0n) is 13.3. The molecule has 0 amide bonds. The molecule has 116 valence electrons. The van der Waals surface area contributed by atoms with Gasteiger partial charge in [0.1, 0.15) is 11.4 Å². The van der Waals surface area contributed by atoms with Gasteiger partial charge in [0, 0.05) is 26.8 Å². The van der Waals surface area contributed by atoms with Crippen molar-refractivity contribution in [1.82, 2.24) is 10.2 Å². The highest BCUT2D eigenvalue weighted by Gasteiger charge is 2.12. The van der Waals surface area contributed by atoms with Crippen molar-refractivity contribution in [2.45, 2.75) is 4.90 Å². The minimum Gasteiger partial charge on any atom is -0.149 e. The molecule has 1 heterocycles. The van der Waals surface area contributed by atoms with Crippen LogP contribution in [0.4, 0.5) is 0 Å². The fourth-order valence-corrected chi connectivity index (χ4v) is 3.36.